The second kappa shape index (κ2) is 1.73. The van der Waals surface area contributed by atoms with Gasteiger partial charge in [0, 0.05) is 6.04 Å². The Balaban J connectivity index is 2.03. The van der Waals surface area contributed by atoms with Gasteiger partial charge in [-0.1, -0.05) is 0 Å². The van der Waals surface area contributed by atoms with E-state index in [1.807, 2.05) is 0 Å². The Morgan fingerprint density at radius 2 is 2.12 bits per heavy atom. The van der Waals surface area contributed by atoms with E-state index in [1.165, 1.54) is 32.2 Å². The predicted octanol–water partition coefficient (Wildman–Crippen LogP) is 1.15. The third-order valence-electron chi connectivity index (χ3n) is 2.53. The van der Waals surface area contributed by atoms with Crippen LogP contribution in [0.4, 0.5) is 0 Å². The molecule has 1 heteroatoms. The molecule has 2 bridgehead atoms. The zero-order valence-electron chi connectivity index (χ0n) is 5.19. The summed E-state index contributed by atoms with van der Waals surface area (Å²) in [5.74, 6) is 1.10. The van der Waals surface area contributed by atoms with Crippen LogP contribution in [0.15, 0.2) is 0 Å². The van der Waals surface area contributed by atoms with Gasteiger partial charge in [-0.3, -0.25) is 0 Å². The van der Waals surface area contributed by atoms with Gasteiger partial charge in [-0.25, -0.2) is 0 Å². The Morgan fingerprint density at radius 3 is 2.88 bits per heavy atom. The van der Waals surface area contributed by atoms with Gasteiger partial charge in [-0.05, 0) is 38.1 Å². The fourth-order valence-corrected chi connectivity index (χ4v) is 2.01. The van der Waals surface area contributed by atoms with Gasteiger partial charge in [0.05, 0.1) is 0 Å². The molecule has 8 heavy (non-hydrogen) atoms. The first-order valence-corrected chi connectivity index (χ1v) is 3.68. The molecule has 1 saturated carbocycles. The topological polar surface area (TPSA) is 12.0 Å². The number of hydrogen-bond acceptors (Lipinski definition) is 1. The summed E-state index contributed by atoms with van der Waals surface area (Å²) in [6.07, 6.45) is 5.86. The summed E-state index contributed by atoms with van der Waals surface area (Å²) in [6, 6.07) is 0.911. The summed E-state index contributed by atoms with van der Waals surface area (Å²) in [5.41, 5.74) is 0. The number of nitrogens with one attached hydrogen (secondary N) is 1. The van der Waals surface area contributed by atoms with E-state index >= 15 is 0 Å². The first kappa shape index (κ1) is 4.80. The Hall–Kier alpha value is -0.0400. The van der Waals surface area contributed by atoms with Crippen LogP contribution in [-0.4, -0.2) is 12.6 Å². The highest BCUT2D eigenvalue weighted by molar-refractivity contribution is 4.85. The summed E-state index contributed by atoms with van der Waals surface area (Å²) in [5, 5.41) is 3.51. The van der Waals surface area contributed by atoms with Crippen molar-refractivity contribution in [2.75, 3.05) is 6.54 Å². The molecule has 2 atom stereocenters. The van der Waals surface area contributed by atoms with Crippen LogP contribution >= 0.6 is 0 Å². The minimum atomic E-state index is 0.911. The fourth-order valence-electron chi connectivity index (χ4n) is 2.01. The molecule has 0 amide bonds. The molecule has 2 rings (SSSR count). The van der Waals surface area contributed by atoms with Gasteiger partial charge in [0.15, 0.2) is 0 Å². The van der Waals surface area contributed by atoms with Crippen molar-refractivity contribution < 1.29 is 0 Å². The van der Waals surface area contributed by atoms with Crippen molar-refractivity contribution in [2.24, 2.45) is 5.92 Å². The summed E-state index contributed by atoms with van der Waals surface area (Å²) >= 11 is 0. The first-order valence-electron chi connectivity index (χ1n) is 3.68. The zero-order chi connectivity index (χ0) is 5.40. The van der Waals surface area contributed by atoms with Crippen LogP contribution in [0.1, 0.15) is 25.7 Å². The minimum Gasteiger partial charge on any atom is -0.314 e. The summed E-state index contributed by atoms with van der Waals surface area (Å²) in [4.78, 5) is 0. The summed E-state index contributed by atoms with van der Waals surface area (Å²) in [6.45, 7) is 1.29. The van der Waals surface area contributed by atoms with Crippen LogP contribution in [0.3, 0.4) is 0 Å². The van der Waals surface area contributed by atoms with Gasteiger partial charge in [-0.15, -0.1) is 0 Å². The number of fused-ring (bicyclic) bond motifs is 2. The highest BCUT2D eigenvalue weighted by Gasteiger charge is 2.27. The maximum absolute atomic E-state index is 3.51. The normalized spacial score (nSPS) is 45.0. The maximum atomic E-state index is 3.51. The Labute approximate surface area is 50.5 Å². The number of hydrogen-bond donors (Lipinski definition) is 1. The Kier molecular flexibility index (Phi) is 1.04. The van der Waals surface area contributed by atoms with Crippen molar-refractivity contribution >= 4 is 0 Å². The Bertz CT molecular complexity index is 76.4. The molecule has 0 aromatic rings. The van der Waals surface area contributed by atoms with Crippen molar-refractivity contribution in [2.45, 2.75) is 31.7 Å². The lowest BCUT2D eigenvalue weighted by atomic mass is 10.0. The van der Waals surface area contributed by atoms with E-state index in [2.05, 4.69) is 5.32 Å². The maximum Gasteiger partial charge on any atom is 0.00698 e. The molecular formula is C7H13N. The van der Waals surface area contributed by atoms with E-state index in [0.717, 1.165) is 12.0 Å². The largest absolute Gasteiger partial charge is 0.314 e. The molecule has 1 aliphatic heterocycles. The molecule has 2 aliphatic rings. The molecular weight excluding hydrogens is 98.1 g/mol. The molecule has 1 N–H and O–H groups in total. The van der Waals surface area contributed by atoms with E-state index in [4.69, 9.17) is 0 Å². The molecule has 46 valence electrons. The molecule has 0 unspecified atom stereocenters. The molecule has 0 aromatic carbocycles. The van der Waals surface area contributed by atoms with Crippen molar-refractivity contribution in [1.82, 2.24) is 5.32 Å². The van der Waals surface area contributed by atoms with E-state index < -0.39 is 0 Å². The molecule has 1 aliphatic carbocycles. The molecule has 1 nitrogen and oxygen atoms in total. The van der Waals surface area contributed by atoms with E-state index in [-0.39, 0.29) is 0 Å². The Morgan fingerprint density at radius 1 is 1.12 bits per heavy atom. The predicted molar refractivity (Wildman–Crippen MR) is 33.7 cm³/mol. The number of rotatable bonds is 0. The summed E-state index contributed by atoms with van der Waals surface area (Å²) in [7, 11) is 0. The minimum absolute atomic E-state index is 0.911. The monoisotopic (exact) mass is 111 g/mol. The molecule has 1 heterocycles. The fraction of sp³-hybridized carbons (Fsp3) is 1.00. The van der Waals surface area contributed by atoms with E-state index in [0.29, 0.717) is 0 Å². The van der Waals surface area contributed by atoms with Gasteiger partial charge in [0.25, 0.3) is 0 Å². The summed E-state index contributed by atoms with van der Waals surface area (Å²) < 4.78 is 0. The van der Waals surface area contributed by atoms with Crippen molar-refractivity contribution in [3.8, 4) is 0 Å². The smallest absolute Gasteiger partial charge is 0.00698 e. The van der Waals surface area contributed by atoms with Crippen molar-refractivity contribution in [3.63, 3.8) is 0 Å². The van der Waals surface area contributed by atoms with E-state index in [9.17, 15) is 0 Å². The van der Waals surface area contributed by atoms with Gasteiger partial charge in [0.2, 0.25) is 0 Å². The molecule has 0 spiro atoms. The standard InChI is InChI=1S/C7H13N/c1-2-7-5-6(1)3-4-8-7/h6-8H,1-5H2/t6-,7+/m1/s1. The zero-order valence-corrected chi connectivity index (χ0v) is 5.19. The third kappa shape index (κ3) is 0.655. The quantitative estimate of drug-likeness (QED) is 0.494. The third-order valence-corrected chi connectivity index (χ3v) is 2.53. The van der Waals surface area contributed by atoms with Crippen LogP contribution in [0.5, 0.6) is 0 Å². The lowest BCUT2D eigenvalue weighted by Gasteiger charge is -2.19. The van der Waals surface area contributed by atoms with Gasteiger partial charge >= 0.3 is 0 Å². The molecule has 0 radical (unpaired) electrons. The van der Waals surface area contributed by atoms with Crippen LogP contribution < -0.4 is 5.32 Å². The second-order valence-corrected chi connectivity index (χ2v) is 3.12. The average molecular weight is 111 g/mol. The van der Waals surface area contributed by atoms with Gasteiger partial charge in [-0.2, -0.15) is 0 Å². The molecule has 0 aromatic heterocycles. The molecule has 2 fully saturated rings. The SMILES string of the molecule is C1C[C@H]2CC[C@@H](C2)N1. The van der Waals surface area contributed by atoms with Gasteiger partial charge < -0.3 is 5.32 Å². The van der Waals surface area contributed by atoms with Crippen LogP contribution in [0.25, 0.3) is 0 Å². The lowest BCUT2D eigenvalue weighted by Crippen LogP contribution is -2.31. The average Bonchev–Trinajstić information content (AvgIpc) is 2.12. The van der Waals surface area contributed by atoms with Crippen LogP contribution in [0.2, 0.25) is 0 Å². The second-order valence-electron chi connectivity index (χ2n) is 3.12. The van der Waals surface area contributed by atoms with Crippen molar-refractivity contribution in [1.29, 1.82) is 0 Å². The highest BCUT2D eigenvalue weighted by atomic mass is 14.9. The van der Waals surface area contributed by atoms with Crippen LogP contribution in [0, 0.1) is 5.92 Å². The van der Waals surface area contributed by atoms with Crippen molar-refractivity contribution in [3.05, 3.63) is 0 Å². The number of piperidine rings is 1. The lowest BCUT2D eigenvalue weighted by molar-refractivity contribution is 0.391. The highest BCUT2D eigenvalue weighted by Crippen LogP contribution is 2.30. The van der Waals surface area contributed by atoms with E-state index in [1.54, 1.807) is 0 Å². The molecule has 1 saturated heterocycles. The first-order chi connectivity index (χ1) is 3.95. The van der Waals surface area contributed by atoms with Crippen LogP contribution in [-0.2, 0) is 0 Å². The van der Waals surface area contributed by atoms with Gasteiger partial charge in [0.1, 0.15) is 0 Å².